The zero-order valence-corrected chi connectivity index (χ0v) is 12.1. The lowest BCUT2D eigenvalue weighted by Crippen LogP contribution is -2.42. The lowest BCUT2D eigenvalue weighted by molar-refractivity contribution is 0.177. The van der Waals surface area contributed by atoms with E-state index in [-0.39, 0.29) is 6.03 Å². The van der Waals surface area contributed by atoms with Crippen molar-refractivity contribution in [3.8, 4) is 5.75 Å². The van der Waals surface area contributed by atoms with E-state index in [1.54, 1.807) is 13.3 Å². The van der Waals surface area contributed by atoms with E-state index >= 15 is 0 Å². The predicted molar refractivity (Wildman–Crippen MR) is 80.5 cm³/mol. The van der Waals surface area contributed by atoms with Gasteiger partial charge in [-0.1, -0.05) is 25.1 Å². The summed E-state index contributed by atoms with van der Waals surface area (Å²) in [6.45, 7) is 3.92. The summed E-state index contributed by atoms with van der Waals surface area (Å²) >= 11 is 0. The van der Waals surface area contributed by atoms with Gasteiger partial charge in [0.25, 0.3) is 0 Å². The number of carbonyl (C=O) groups excluding carboxylic acids is 1. The maximum absolute atomic E-state index is 12.0. The SMILES string of the molecule is COc1ccccc1/C=C/NC(=O)N1CCC(C)CC1. The van der Waals surface area contributed by atoms with Crippen LogP contribution in [-0.4, -0.2) is 31.1 Å². The first kappa shape index (κ1) is 14.4. The minimum absolute atomic E-state index is 0.0250. The normalized spacial score (nSPS) is 16.4. The van der Waals surface area contributed by atoms with E-state index in [0.29, 0.717) is 0 Å². The predicted octanol–water partition coefficient (Wildman–Crippen LogP) is 3.11. The molecule has 20 heavy (non-hydrogen) atoms. The van der Waals surface area contributed by atoms with Crippen molar-refractivity contribution in [2.45, 2.75) is 19.8 Å². The largest absolute Gasteiger partial charge is 0.496 e. The van der Waals surface area contributed by atoms with Crippen molar-refractivity contribution in [1.82, 2.24) is 10.2 Å². The van der Waals surface area contributed by atoms with Gasteiger partial charge in [0, 0.05) is 24.9 Å². The number of hydrogen-bond acceptors (Lipinski definition) is 2. The molecular weight excluding hydrogens is 252 g/mol. The minimum atomic E-state index is -0.0250. The van der Waals surface area contributed by atoms with E-state index in [4.69, 9.17) is 4.74 Å². The standard InChI is InChI=1S/C16H22N2O2/c1-13-8-11-18(12-9-13)16(19)17-10-7-14-5-3-4-6-15(14)20-2/h3-7,10,13H,8-9,11-12H2,1-2H3,(H,17,19)/b10-7+. The second kappa shape index (κ2) is 6.98. The number of nitrogens with zero attached hydrogens (tertiary/aromatic N) is 1. The summed E-state index contributed by atoms with van der Waals surface area (Å²) < 4.78 is 5.26. The van der Waals surface area contributed by atoms with Gasteiger partial charge in [0.1, 0.15) is 5.75 Å². The first-order valence-electron chi connectivity index (χ1n) is 7.05. The lowest BCUT2D eigenvalue weighted by Gasteiger charge is -2.29. The number of benzene rings is 1. The number of ether oxygens (including phenoxy) is 1. The van der Waals surface area contributed by atoms with Gasteiger partial charge in [0.05, 0.1) is 7.11 Å². The molecule has 1 saturated heterocycles. The molecule has 2 amide bonds. The average Bonchev–Trinajstić information content (AvgIpc) is 2.48. The van der Waals surface area contributed by atoms with Crippen LogP contribution in [0, 0.1) is 5.92 Å². The van der Waals surface area contributed by atoms with Crippen LogP contribution in [0.25, 0.3) is 6.08 Å². The number of likely N-dealkylation sites (tertiary alicyclic amines) is 1. The van der Waals surface area contributed by atoms with Crippen molar-refractivity contribution in [3.05, 3.63) is 36.0 Å². The van der Waals surface area contributed by atoms with Crippen molar-refractivity contribution >= 4 is 12.1 Å². The summed E-state index contributed by atoms with van der Waals surface area (Å²) in [5.41, 5.74) is 0.947. The smallest absolute Gasteiger partial charge is 0.321 e. The van der Waals surface area contributed by atoms with Crippen LogP contribution in [0.1, 0.15) is 25.3 Å². The molecular formula is C16H22N2O2. The Balaban J connectivity index is 1.88. The van der Waals surface area contributed by atoms with Crippen LogP contribution in [-0.2, 0) is 0 Å². The number of nitrogens with one attached hydrogen (secondary N) is 1. The second-order valence-corrected chi connectivity index (χ2v) is 5.19. The maximum Gasteiger partial charge on any atom is 0.321 e. The number of rotatable bonds is 3. The summed E-state index contributed by atoms with van der Waals surface area (Å²) in [7, 11) is 1.64. The molecule has 0 unspecified atom stereocenters. The van der Waals surface area contributed by atoms with E-state index in [2.05, 4.69) is 12.2 Å². The van der Waals surface area contributed by atoms with E-state index in [9.17, 15) is 4.79 Å². The molecule has 0 radical (unpaired) electrons. The number of piperidine rings is 1. The molecule has 0 aliphatic carbocycles. The topological polar surface area (TPSA) is 41.6 Å². The van der Waals surface area contributed by atoms with E-state index in [1.807, 2.05) is 35.2 Å². The number of methoxy groups -OCH3 is 1. The summed E-state index contributed by atoms with van der Waals surface area (Å²) in [6, 6.07) is 7.68. The van der Waals surface area contributed by atoms with Gasteiger partial charge in [-0.05, 0) is 30.9 Å². The van der Waals surface area contributed by atoms with Gasteiger partial charge in [0.15, 0.2) is 0 Å². The van der Waals surface area contributed by atoms with Crippen LogP contribution in [0.5, 0.6) is 5.75 Å². The Labute approximate surface area is 120 Å². The van der Waals surface area contributed by atoms with Gasteiger partial charge in [-0.25, -0.2) is 4.79 Å². The highest BCUT2D eigenvalue weighted by Gasteiger charge is 2.19. The molecule has 1 aliphatic rings. The highest BCUT2D eigenvalue weighted by molar-refractivity contribution is 5.76. The Kier molecular flexibility index (Phi) is 5.04. The molecule has 2 rings (SSSR count). The third-order valence-corrected chi connectivity index (χ3v) is 3.68. The Morgan fingerprint density at radius 3 is 2.75 bits per heavy atom. The molecule has 108 valence electrons. The van der Waals surface area contributed by atoms with Gasteiger partial charge in [0.2, 0.25) is 0 Å². The van der Waals surface area contributed by atoms with Gasteiger partial charge in [-0.3, -0.25) is 0 Å². The Morgan fingerprint density at radius 1 is 1.35 bits per heavy atom. The molecule has 1 heterocycles. The highest BCUT2D eigenvalue weighted by Crippen LogP contribution is 2.18. The van der Waals surface area contributed by atoms with Crippen LogP contribution in [0.2, 0.25) is 0 Å². The number of hydrogen-bond donors (Lipinski definition) is 1. The van der Waals surface area contributed by atoms with Gasteiger partial charge in [-0.2, -0.15) is 0 Å². The number of amides is 2. The number of urea groups is 1. The second-order valence-electron chi connectivity index (χ2n) is 5.19. The molecule has 1 N–H and O–H groups in total. The summed E-state index contributed by atoms with van der Waals surface area (Å²) in [5, 5.41) is 2.82. The summed E-state index contributed by atoms with van der Waals surface area (Å²) in [6.07, 6.45) is 5.70. The van der Waals surface area contributed by atoms with Crippen molar-refractivity contribution in [2.24, 2.45) is 5.92 Å². The van der Waals surface area contributed by atoms with Crippen LogP contribution < -0.4 is 10.1 Å². The lowest BCUT2D eigenvalue weighted by atomic mass is 10.00. The molecule has 1 aromatic rings. The quantitative estimate of drug-likeness (QED) is 0.920. The molecule has 4 heteroatoms. The van der Waals surface area contributed by atoms with Gasteiger partial charge in [-0.15, -0.1) is 0 Å². The molecule has 1 fully saturated rings. The Hall–Kier alpha value is -1.97. The van der Waals surface area contributed by atoms with Gasteiger partial charge < -0.3 is 15.0 Å². The molecule has 0 spiro atoms. The van der Waals surface area contributed by atoms with E-state index in [1.165, 1.54) is 0 Å². The Morgan fingerprint density at radius 2 is 2.05 bits per heavy atom. The first-order valence-corrected chi connectivity index (χ1v) is 7.05. The average molecular weight is 274 g/mol. The molecule has 0 aromatic heterocycles. The van der Waals surface area contributed by atoms with Crippen molar-refractivity contribution in [3.63, 3.8) is 0 Å². The number of para-hydroxylation sites is 1. The highest BCUT2D eigenvalue weighted by atomic mass is 16.5. The first-order chi connectivity index (χ1) is 9.70. The fourth-order valence-electron chi connectivity index (χ4n) is 2.31. The fourth-order valence-corrected chi connectivity index (χ4v) is 2.31. The third kappa shape index (κ3) is 3.76. The van der Waals surface area contributed by atoms with Gasteiger partial charge >= 0.3 is 6.03 Å². The number of carbonyl (C=O) groups is 1. The van der Waals surface area contributed by atoms with Crippen LogP contribution in [0.15, 0.2) is 30.5 Å². The van der Waals surface area contributed by atoms with Crippen LogP contribution >= 0.6 is 0 Å². The zero-order chi connectivity index (χ0) is 14.4. The molecule has 0 atom stereocenters. The molecule has 0 saturated carbocycles. The maximum atomic E-state index is 12.0. The minimum Gasteiger partial charge on any atom is -0.496 e. The van der Waals surface area contributed by atoms with Crippen LogP contribution in [0.4, 0.5) is 4.79 Å². The monoisotopic (exact) mass is 274 g/mol. The zero-order valence-electron chi connectivity index (χ0n) is 12.1. The van der Waals surface area contributed by atoms with Crippen LogP contribution in [0.3, 0.4) is 0 Å². The van der Waals surface area contributed by atoms with E-state index in [0.717, 1.165) is 43.2 Å². The summed E-state index contributed by atoms with van der Waals surface area (Å²) in [5.74, 6) is 1.52. The van der Waals surface area contributed by atoms with Crippen molar-refractivity contribution in [1.29, 1.82) is 0 Å². The van der Waals surface area contributed by atoms with Crippen molar-refractivity contribution < 1.29 is 9.53 Å². The van der Waals surface area contributed by atoms with Crippen molar-refractivity contribution in [2.75, 3.05) is 20.2 Å². The molecule has 0 bridgehead atoms. The summed E-state index contributed by atoms with van der Waals surface area (Å²) in [4.78, 5) is 13.8. The fraction of sp³-hybridized carbons (Fsp3) is 0.438. The molecule has 4 nitrogen and oxygen atoms in total. The van der Waals surface area contributed by atoms with E-state index < -0.39 is 0 Å². The molecule has 1 aromatic carbocycles. The Bertz CT molecular complexity index is 477. The third-order valence-electron chi connectivity index (χ3n) is 3.68. The molecule has 1 aliphatic heterocycles.